The number of thiophene rings is 1. The number of para-hydroxylation sites is 1. The van der Waals surface area contributed by atoms with Crippen molar-refractivity contribution >= 4 is 50.8 Å². The van der Waals surface area contributed by atoms with Gasteiger partial charge < -0.3 is 0 Å². The summed E-state index contributed by atoms with van der Waals surface area (Å²) in [6.07, 6.45) is 1.84. The van der Waals surface area contributed by atoms with Gasteiger partial charge in [-0.25, -0.2) is 4.99 Å². The molecule has 0 fully saturated rings. The van der Waals surface area contributed by atoms with Crippen molar-refractivity contribution in [2.75, 3.05) is 4.90 Å². The molecule has 0 bridgehead atoms. The number of benzene rings is 2. The number of amidine groups is 1. The molecule has 3 nitrogen and oxygen atoms in total. The molecule has 0 spiro atoms. The van der Waals surface area contributed by atoms with Crippen LogP contribution >= 0.6 is 27.3 Å². The highest BCUT2D eigenvalue weighted by molar-refractivity contribution is 9.10. The van der Waals surface area contributed by atoms with Gasteiger partial charge in [-0.15, -0.1) is 11.3 Å². The molecule has 2 aromatic carbocycles. The van der Waals surface area contributed by atoms with Crippen molar-refractivity contribution in [2.45, 2.75) is 0 Å². The van der Waals surface area contributed by atoms with Gasteiger partial charge in [-0.1, -0.05) is 58.4 Å². The van der Waals surface area contributed by atoms with E-state index < -0.39 is 0 Å². The Kier molecular flexibility index (Phi) is 4.34. The number of carbonyl (C=O) groups is 1. The second-order valence-corrected chi connectivity index (χ2v) is 7.27. The Hall–Kier alpha value is -2.50. The van der Waals surface area contributed by atoms with Gasteiger partial charge in [0.25, 0.3) is 5.91 Å². The summed E-state index contributed by atoms with van der Waals surface area (Å²) in [5.41, 5.74) is 2.13. The summed E-state index contributed by atoms with van der Waals surface area (Å²) in [6, 6.07) is 21.3. The van der Waals surface area contributed by atoms with E-state index in [0.717, 1.165) is 20.6 Å². The monoisotopic (exact) mass is 408 g/mol. The van der Waals surface area contributed by atoms with Gasteiger partial charge in [-0.3, -0.25) is 9.69 Å². The van der Waals surface area contributed by atoms with Crippen molar-refractivity contribution in [1.29, 1.82) is 0 Å². The molecule has 1 amide bonds. The van der Waals surface area contributed by atoms with Gasteiger partial charge in [-0.2, -0.15) is 0 Å². The predicted octanol–water partition coefficient (Wildman–Crippen LogP) is 5.35. The number of halogens is 1. The Morgan fingerprint density at radius 2 is 1.72 bits per heavy atom. The molecular formula is C20H13BrN2OS. The second kappa shape index (κ2) is 6.78. The van der Waals surface area contributed by atoms with Crippen LogP contribution in [-0.2, 0) is 4.79 Å². The second-order valence-electron chi connectivity index (χ2n) is 5.44. The van der Waals surface area contributed by atoms with E-state index in [4.69, 9.17) is 0 Å². The van der Waals surface area contributed by atoms with E-state index in [-0.39, 0.29) is 5.91 Å². The molecule has 0 unspecified atom stereocenters. The Balaban J connectivity index is 1.86. The zero-order chi connectivity index (χ0) is 17.2. The van der Waals surface area contributed by atoms with Gasteiger partial charge in [0.2, 0.25) is 0 Å². The van der Waals surface area contributed by atoms with Crippen LogP contribution in [0.15, 0.2) is 87.3 Å². The lowest BCUT2D eigenvalue weighted by Gasteiger charge is -2.19. The Bertz CT molecular complexity index is 978. The summed E-state index contributed by atoms with van der Waals surface area (Å²) in [5, 5.41) is 1.99. The zero-order valence-electron chi connectivity index (χ0n) is 13.1. The molecule has 1 aliphatic heterocycles. The summed E-state index contributed by atoms with van der Waals surface area (Å²) >= 11 is 5.15. The number of aliphatic imine (C=N–C) groups is 1. The molecule has 3 aromatic rings. The molecule has 0 radical (unpaired) electrons. The van der Waals surface area contributed by atoms with E-state index in [9.17, 15) is 4.79 Å². The standard InChI is InChI=1S/C20H13BrN2OS/c21-17-11-5-4-10-16(17)19-22-18(13-15-9-6-12-25-15)20(24)23(19)14-7-2-1-3-8-14/h1-13H/b18-13+. The summed E-state index contributed by atoms with van der Waals surface area (Å²) in [7, 11) is 0. The molecule has 0 aliphatic carbocycles. The number of amides is 1. The number of rotatable bonds is 3. The third kappa shape index (κ3) is 3.08. The first-order valence-electron chi connectivity index (χ1n) is 7.72. The highest BCUT2D eigenvalue weighted by Crippen LogP contribution is 2.30. The minimum atomic E-state index is -0.120. The first-order valence-corrected chi connectivity index (χ1v) is 9.39. The van der Waals surface area contributed by atoms with Crippen LogP contribution in [0, 0.1) is 0 Å². The minimum Gasteiger partial charge on any atom is -0.266 e. The molecule has 0 saturated heterocycles. The van der Waals surface area contributed by atoms with Crippen LogP contribution in [0.2, 0.25) is 0 Å². The lowest BCUT2D eigenvalue weighted by molar-refractivity contribution is -0.113. The first-order chi connectivity index (χ1) is 12.2. The van der Waals surface area contributed by atoms with Crippen LogP contribution in [0.4, 0.5) is 5.69 Å². The minimum absolute atomic E-state index is 0.120. The summed E-state index contributed by atoms with van der Waals surface area (Å²) < 4.78 is 0.903. The zero-order valence-corrected chi connectivity index (χ0v) is 15.5. The van der Waals surface area contributed by atoms with Crippen LogP contribution in [0.25, 0.3) is 6.08 Å². The number of nitrogens with zero attached hydrogens (tertiary/aromatic N) is 2. The average Bonchev–Trinajstić information content (AvgIpc) is 3.25. The molecule has 4 rings (SSSR count). The highest BCUT2D eigenvalue weighted by Gasteiger charge is 2.33. The van der Waals surface area contributed by atoms with E-state index in [0.29, 0.717) is 11.5 Å². The molecule has 0 N–H and O–H groups in total. The van der Waals surface area contributed by atoms with Crippen LogP contribution in [0.1, 0.15) is 10.4 Å². The van der Waals surface area contributed by atoms with Crippen molar-refractivity contribution in [3.05, 3.63) is 92.7 Å². The van der Waals surface area contributed by atoms with Gasteiger partial charge in [0.1, 0.15) is 11.5 Å². The first kappa shape index (κ1) is 16.0. The molecule has 2 heterocycles. The third-order valence-electron chi connectivity index (χ3n) is 3.81. The fourth-order valence-electron chi connectivity index (χ4n) is 2.66. The Morgan fingerprint density at radius 1 is 0.960 bits per heavy atom. The molecule has 1 aromatic heterocycles. The van der Waals surface area contributed by atoms with E-state index in [1.807, 2.05) is 78.2 Å². The molecule has 0 saturated carbocycles. The quantitative estimate of drug-likeness (QED) is 0.537. The molecule has 0 atom stereocenters. The lowest BCUT2D eigenvalue weighted by Crippen LogP contribution is -2.32. The SMILES string of the molecule is O=C1/C(=C\c2cccs2)N=C(c2ccccc2Br)N1c1ccccc1. The van der Waals surface area contributed by atoms with Crippen LogP contribution in [0.5, 0.6) is 0 Å². The largest absolute Gasteiger partial charge is 0.282 e. The molecular weight excluding hydrogens is 396 g/mol. The highest BCUT2D eigenvalue weighted by atomic mass is 79.9. The van der Waals surface area contributed by atoms with Crippen LogP contribution in [0.3, 0.4) is 0 Å². The van der Waals surface area contributed by atoms with E-state index >= 15 is 0 Å². The smallest absolute Gasteiger partial charge is 0.266 e. The predicted molar refractivity (Wildman–Crippen MR) is 107 cm³/mol. The summed E-state index contributed by atoms with van der Waals surface area (Å²) in [5.74, 6) is 0.511. The third-order valence-corrected chi connectivity index (χ3v) is 5.32. The van der Waals surface area contributed by atoms with E-state index in [2.05, 4.69) is 20.9 Å². The molecule has 1 aliphatic rings. The van der Waals surface area contributed by atoms with Crippen LogP contribution < -0.4 is 4.90 Å². The normalized spacial score (nSPS) is 15.7. The number of hydrogen-bond donors (Lipinski definition) is 0. The Morgan fingerprint density at radius 3 is 2.44 bits per heavy atom. The molecule has 25 heavy (non-hydrogen) atoms. The maximum absolute atomic E-state index is 13.1. The van der Waals surface area contributed by atoms with Gasteiger partial charge in [0, 0.05) is 14.9 Å². The van der Waals surface area contributed by atoms with Crippen molar-refractivity contribution in [3.8, 4) is 0 Å². The summed E-state index contributed by atoms with van der Waals surface area (Å²) in [6.45, 7) is 0. The van der Waals surface area contributed by atoms with Gasteiger partial charge in [-0.05, 0) is 35.7 Å². The maximum Gasteiger partial charge on any atom is 0.282 e. The van der Waals surface area contributed by atoms with Gasteiger partial charge >= 0.3 is 0 Å². The summed E-state index contributed by atoms with van der Waals surface area (Å²) in [4.78, 5) is 20.4. The fourth-order valence-corrected chi connectivity index (χ4v) is 3.78. The number of anilines is 1. The fraction of sp³-hybridized carbons (Fsp3) is 0. The van der Waals surface area contributed by atoms with Gasteiger partial charge in [0.15, 0.2) is 0 Å². The van der Waals surface area contributed by atoms with Crippen molar-refractivity contribution in [3.63, 3.8) is 0 Å². The van der Waals surface area contributed by atoms with Crippen LogP contribution in [-0.4, -0.2) is 11.7 Å². The number of hydrogen-bond acceptors (Lipinski definition) is 3. The van der Waals surface area contributed by atoms with Crippen molar-refractivity contribution < 1.29 is 4.79 Å². The lowest BCUT2D eigenvalue weighted by atomic mass is 10.2. The van der Waals surface area contributed by atoms with Gasteiger partial charge in [0.05, 0.1) is 5.69 Å². The topological polar surface area (TPSA) is 32.7 Å². The maximum atomic E-state index is 13.1. The molecule has 5 heteroatoms. The van der Waals surface area contributed by atoms with E-state index in [1.165, 1.54) is 0 Å². The Labute approximate surface area is 158 Å². The van der Waals surface area contributed by atoms with E-state index in [1.54, 1.807) is 16.2 Å². The average molecular weight is 409 g/mol. The van der Waals surface area contributed by atoms with Crippen molar-refractivity contribution in [2.24, 2.45) is 4.99 Å². The molecule has 122 valence electrons. The number of carbonyl (C=O) groups excluding carboxylic acids is 1. The van der Waals surface area contributed by atoms with Crippen molar-refractivity contribution in [1.82, 2.24) is 0 Å².